The number of hydrogen-bond acceptors (Lipinski definition) is 2. The van der Waals surface area contributed by atoms with Crippen LogP contribution in [0.3, 0.4) is 0 Å². The van der Waals surface area contributed by atoms with Crippen LogP contribution in [-0.2, 0) is 0 Å². The Kier molecular flexibility index (Phi) is 2.89. The summed E-state index contributed by atoms with van der Waals surface area (Å²) in [6.07, 6.45) is 8.51. The highest BCUT2D eigenvalue weighted by atomic mass is 14.9. The zero-order valence-corrected chi connectivity index (χ0v) is 8.52. The van der Waals surface area contributed by atoms with Crippen LogP contribution in [0.4, 0.5) is 0 Å². The van der Waals surface area contributed by atoms with Crippen molar-refractivity contribution in [3.63, 3.8) is 0 Å². The van der Waals surface area contributed by atoms with Gasteiger partial charge in [0.25, 0.3) is 0 Å². The van der Waals surface area contributed by atoms with Gasteiger partial charge in [0.15, 0.2) is 0 Å². The number of nitrogens with two attached hydrogens (primary N) is 1. The smallest absolute Gasteiger partial charge is 0.00199 e. The summed E-state index contributed by atoms with van der Waals surface area (Å²) in [5.41, 5.74) is 6.22. The van der Waals surface area contributed by atoms with Crippen LogP contribution < -0.4 is 11.1 Å². The van der Waals surface area contributed by atoms with Crippen LogP contribution in [-0.4, -0.2) is 19.6 Å². The van der Waals surface area contributed by atoms with Crippen molar-refractivity contribution in [2.24, 2.45) is 17.1 Å². The molecule has 76 valence electrons. The molecule has 2 fully saturated rings. The van der Waals surface area contributed by atoms with E-state index in [-0.39, 0.29) is 0 Å². The second-order valence-corrected chi connectivity index (χ2v) is 4.97. The van der Waals surface area contributed by atoms with Gasteiger partial charge in [0, 0.05) is 6.54 Å². The molecule has 0 radical (unpaired) electrons. The molecule has 2 aliphatic rings. The first-order chi connectivity index (χ1) is 6.35. The molecule has 0 atom stereocenters. The summed E-state index contributed by atoms with van der Waals surface area (Å²) in [6, 6.07) is 0. The summed E-state index contributed by atoms with van der Waals surface area (Å²) in [5, 5.41) is 3.56. The first-order valence-electron chi connectivity index (χ1n) is 5.75. The fourth-order valence-electron chi connectivity index (χ4n) is 2.07. The van der Waals surface area contributed by atoms with Crippen LogP contribution in [0.2, 0.25) is 0 Å². The lowest BCUT2D eigenvalue weighted by Gasteiger charge is -2.25. The molecule has 0 amide bonds. The number of hydrogen-bond donors (Lipinski definition) is 2. The third kappa shape index (κ3) is 2.44. The molecule has 0 aromatic rings. The van der Waals surface area contributed by atoms with Crippen LogP contribution in [0.15, 0.2) is 0 Å². The lowest BCUT2D eigenvalue weighted by atomic mass is 9.83. The molecule has 3 N–H and O–H groups in total. The summed E-state index contributed by atoms with van der Waals surface area (Å²) in [5.74, 6) is 1.04. The molecular formula is C11H22N2. The summed E-state index contributed by atoms with van der Waals surface area (Å²) in [6.45, 7) is 3.26. The average molecular weight is 182 g/mol. The highest BCUT2D eigenvalue weighted by Crippen LogP contribution is 2.43. The van der Waals surface area contributed by atoms with Crippen molar-refractivity contribution in [2.45, 2.75) is 38.5 Å². The van der Waals surface area contributed by atoms with Gasteiger partial charge in [-0.1, -0.05) is 19.3 Å². The van der Waals surface area contributed by atoms with Crippen molar-refractivity contribution < 1.29 is 0 Å². The standard InChI is InChI=1S/C11H22N2/c12-8-11(5-6-11)9-13-7-4-10-2-1-3-10/h10,13H,1-9,12H2. The molecule has 0 unspecified atom stereocenters. The molecule has 0 aliphatic heterocycles. The minimum Gasteiger partial charge on any atom is -0.330 e. The zero-order chi connectivity index (χ0) is 9.15. The fourth-order valence-corrected chi connectivity index (χ4v) is 2.07. The summed E-state index contributed by atoms with van der Waals surface area (Å²) >= 11 is 0. The Morgan fingerprint density at radius 3 is 2.54 bits per heavy atom. The normalized spacial score (nSPS) is 25.6. The van der Waals surface area contributed by atoms with Crippen molar-refractivity contribution in [2.75, 3.05) is 19.6 Å². The molecule has 0 aromatic carbocycles. The van der Waals surface area contributed by atoms with E-state index >= 15 is 0 Å². The first kappa shape index (κ1) is 9.47. The van der Waals surface area contributed by atoms with Gasteiger partial charge in [-0.3, -0.25) is 0 Å². The molecule has 0 heterocycles. The maximum Gasteiger partial charge on any atom is 0.00199 e. The largest absolute Gasteiger partial charge is 0.330 e. The van der Waals surface area contributed by atoms with Crippen LogP contribution in [0.1, 0.15) is 38.5 Å². The van der Waals surface area contributed by atoms with E-state index in [1.165, 1.54) is 45.1 Å². The van der Waals surface area contributed by atoms with E-state index in [4.69, 9.17) is 5.73 Å². The molecule has 2 saturated carbocycles. The maximum atomic E-state index is 5.71. The van der Waals surface area contributed by atoms with E-state index < -0.39 is 0 Å². The SMILES string of the molecule is NCC1(CNCCC2CCC2)CC1. The maximum absolute atomic E-state index is 5.71. The Hall–Kier alpha value is -0.0800. The first-order valence-corrected chi connectivity index (χ1v) is 5.75. The van der Waals surface area contributed by atoms with E-state index in [1.54, 1.807) is 0 Å². The fraction of sp³-hybridized carbons (Fsp3) is 1.00. The highest BCUT2D eigenvalue weighted by Gasteiger charge is 2.40. The molecule has 0 bridgehead atoms. The van der Waals surface area contributed by atoms with Gasteiger partial charge in [0.05, 0.1) is 0 Å². The van der Waals surface area contributed by atoms with Gasteiger partial charge in [-0.15, -0.1) is 0 Å². The lowest BCUT2D eigenvalue weighted by Crippen LogP contribution is -2.31. The average Bonchev–Trinajstić information content (AvgIpc) is 2.82. The van der Waals surface area contributed by atoms with Crippen LogP contribution >= 0.6 is 0 Å². The summed E-state index contributed by atoms with van der Waals surface area (Å²) in [4.78, 5) is 0. The Bertz CT molecular complexity index is 159. The minimum atomic E-state index is 0.514. The van der Waals surface area contributed by atoms with Crippen molar-refractivity contribution in [1.29, 1.82) is 0 Å². The second kappa shape index (κ2) is 3.97. The summed E-state index contributed by atoms with van der Waals surface area (Å²) in [7, 11) is 0. The Labute approximate surface area is 81.3 Å². The number of rotatable bonds is 6. The number of nitrogens with one attached hydrogen (secondary N) is 1. The van der Waals surface area contributed by atoms with Crippen LogP contribution in [0.25, 0.3) is 0 Å². The van der Waals surface area contributed by atoms with E-state index in [9.17, 15) is 0 Å². The quantitative estimate of drug-likeness (QED) is 0.611. The molecule has 13 heavy (non-hydrogen) atoms. The molecule has 2 rings (SSSR count). The Balaban J connectivity index is 1.49. The van der Waals surface area contributed by atoms with Crippen LogP contribution in [0.5, 0.6) is 0 Å². The summed E-state index contributed by atoms with van der Waals surface area (Å²) < 4.78 is 0. The van der Waals surface area contributed by atoms with E-state index in [1.807, 2.05) is 0 Å². The van der Waals surface area contributed by atoms with Crippen LogP contribution in [0, 0.1) is 11.3 Å². The van der Waals surface area contributed by atoms with Gasteiger partial charge in [-0.2, -0.15) is 0 Å². The highest BCUT2D eigenvalue weighted by molar-refractivity contribution is 4.95. The molecule has 2 heteroatoms. The van der Waals surface area contributed by atoms with Crippen molar-refractivity contribution in [3.05, 3.63) is 0 Å². The molecule has 0 aromatic heterocycles. The van der Waals surface area contributed by atoms with Gasteiger partial charge in [0.1, 0.15) is 0 Å². The monoisotopic (exact) mass is 182 g/mol. The predicted molar refractivity (Wildman–Crippen MR) is 55.5 cm³/mol. The lowest BCUT2D eigenvalue weighted by molar-refractivity contribution is 0.288. The van der Waals surface area contributed by atoms with Gasteiger partial charge >= 0.3 is 0 Å². The van der Waals surface area contributed by atoms with Gasteiger partial charge in [-0.05, 0) is 43.7 Å². The van der Waals surface area contributed by atoms with Gasteiger partial charge in [0.2, 0.25) is 0 Å². The molecule has 0 saturated heterocycles. The van der Waals surface area contributed by atoms with Gasteiger partial charge < -0.3 is 11.1 Å². The zero-order valence-electron chi connectivity index (χ0n) is 8.52. The third-order valence-electron chi connectivity index (χ3n) is 3.84. The van der Waals surface area contributed by atoms with Crippen molar-refractivity contribution in [3.8, 4) is 0 Å². The molecular weight excluding hydrogens is 160 g/mol. The van der Waals surface area contributed by atoms with Crippen molar-refractivity contribution in [1.82, 2.24) is 5.32 Å². The Morgan fingerprint density at radius 2 is 2.08 bits per heavy atom. The van der Waals surface area contributed by atoms with Gasteiger partial charge in [-0.25, -0.2) is 0 Å². The molecule has 0 spiro atoms. The predicted octanol–water partition coefficient (Wildman–Crippen LogP) is 1.51. The van der Waals surface area contributed by atoms with E-state index in [0.29, 0.717) is 5.41 Å². The third-order valence-corrected chi connectivity index (χ3v) is 3.84. The van der Waals surface area contributed by atoms with E-state index in [2.05, 4.69) is 5.32 Å². The molecule has 2 nitrogen and oxygen atoms in total. The van der Waals surface area contributed by atoms with Crippen molar-refractivity contribution >= 4 is 0 Å². The van der Waals surface area contributed by atoms with E-state index in [0.717, 1.165) is 19.0 Å². The minimum absolute atomic E-state index is 0.514. The Morgan fingerprint density at radius 1 is 1.31 bits per heavy atom. The second-order valence-electron chi connectivity index (χ2n) is 4.97. The topological polar surface area (TPSA) is 38.0 Å². The molecule has 2 aliphatic carbocycles.